The summed E-state index contributed by atoms with van der Waals surface area (Å²) in [4.78, 5) is 16.9. The number of nitrogens with one attached hydrogen (secondary N) is 1. The lowest BCUT2D eigenvalue weighted by Crippen LogP contribution is -2.11. The summed E-state index contributed by atoms with van der Waals surface area (Å²) in [6, 6.07) is 22.6. The minimum atomic E-state index is -0.168. The van der Waals surface area contributed by atoms with Crippen molar-refractivity contribution in [3.05, 3.63) is 94.0 Å². The lowest BCUT2D eigenvalue weighted by Gasteiger charge is -2.06. The highest BCUT2D eigenvalue weighted by Crippen LogP contribution is 2.23. The average molecular weight is 391 g/mol. The third kappa shape index (κ3) is 4.25. The molecular weight excluding hydrogens is 376 g/mol. The van der Waals surface area contributed by atoms with Gasteiger partial charge in [-0.1, -0.05) is 41.9 Å². The highest BCUT2D eigenvalue weighted by Gasteiger charge is 2.06. The number of hydrogen-bond donors (Lipinski definition) is 1. The molecule has 1 aromatic heterocycles. The van der Waals surface area contributed by atoms with Gasteiger partial charge in [0.15, 0.2) is 0 Å². The quantitative estimate of drug-likeness (QED) is 0.439. The maximum Gasteiger partial charge on any atom is 0.255 e. The fourth-order valence-corrected chi connectivity index (χ4v) is 3.65. The van der Waals surface area contributed by atoms with Crippen molar-refractivity contribution in [3.63, 3.8) is 0 Å². The second kappa shape index (κ2) is 7.74. The number of amides is 1. The summed E-state index contributed by atoms with van der Waals surface area (Å²) in [6.07, 6.45) is 3.99. The minimum Gasteiger partial charge on any atom is -0.322 e. The van der Waals surface area contributed by atoms with Crippen LogP contribution in [0.4, 0.5) is 5.69 Å². The molecule has 0 aliphatic heterocycles. The first-order valence-corrected chi connectivity index (χ1v) is 9.57. The first-order valence-electron chi connectivity index (χ1n) is 8.38. The fourth-order valence-electron chi connectivity index (χ4n) is 2.65. The number of para-hydroxylation sites is 1. The molecule has 0 radical (unpaired) electrons. The number of benzene rings is 3. The van der Waals surface area contributed by atoms with Gasteiger partial charge in [-0.05, 0) is 60.2 Å². The molecule has 0 aliphatic carbocycles. The SMILES string of the molecule is O=C(Nc1cccc(/C=C/c2nc3ccccc3s2)c1)c1ccc(Cl)cc1. The van der Waals surface area contributed by atoms with Crippen LogP contribution in [-0.4, -0.2) is 10.9 Å². The molecule has 27 heavy (non-hydrogen) atoms. The molecule has 0 aliphatic rings. The first kappa shape index (κ1) is 17.5. The Bertz CT molecular complexity index is 1100. The van der Waals surface area contributed by atoms with E-state index in [0.29, 0.717) is 10.6 Å². The number of halogens is 1. The predicted octanol–water partition coefficient (Wildman–Crippen LogP) is 6.37. The second-order valence-electron chi connectivity index (χ2n) is 5.94. The van der Waals surface area contributed by atoms with Crippen LogP contribution in [0.5, 0.6) is 0 Å². The largest absolute Gasteiger partial charge is 0.322 e. The van der Waals surface area contributed by atoms with Gasteiger partial charge in [-0.25, -0.2) is 4.98 Å². The molecule has 132 valence electrons. The number of carbonyl (C=O) groups is 1. The third-order valence-electron chi connectivity index (χ3n) is 3.98. The monoisotopic (exact) mass is 390 g/mol. The molecule has 1 amide bonds. The number of thiazole rings is 1. The third-order valence-corrected chi connectivity index (χ3v) is 5.23. The molecule has 0 fully saturated rings. The van der Waals surface area contributed by atoms with Crippen molar-refractivity contribution in [3.8, 4) is 0 Å². The maximum absolute atomic E-state index is 12.3. The van der Waals surface area contributed by atoms with Crippen LogP contribution in [-0.2, 0) is 0 Å². The molecule has 3 nitrogen and oxygen atoms in total. The molecule has 3 aromatic carbocycles. The van der Waals surface area contributed by atoms with Crippen molar-refractivity contribution in [1.29, 1.82) is 0 Å². The van der Waals surface area contributed by atoms with Crippen molar-refractivity contribution >= 4 is 56.9 Å². The van der Waals surface area contributed by atoms with Crippen molar-refractivity contribution < 1.29 is 4.79 Å². The van der Waals surface area contributed by atoms with Crippen LogP contribution in [0, 0.1) is 0 Å². The van der Waals surface area contributed by atoms with E-state index in [2.05, 4.69) is 16.4 Å². The Balaban J connectivity index is 1.50. The summed E-state index contributed by atoms with van der Waals surface area (Å²) in [5.41, 5.74) is 3.30. The van der Waals surface area contributed by atoms with Crippen LogP contribution in [0.3, 0.4) is 0 Å². The van der Waals surface area contributed by atoms with E-state index in [0.717, 1.165) is 21.8 Å². The van der Waals surface area contributed by atoms with Crippen LogP contribution in [0.1, 0.15) is 20.9 Å². The summed E-state index contributed by atoms with van der Waals surface area (Å²) >= 11 is 7.52. The van der Waals surface area contributed by atoms with Crippen molar-refractivity contribution in [2.24, 2.45) is 0 Å². The van der Waals surface area contributed by atoms with Crippen LogP contribution >= 0.6 is 22.9 Å². The van der Waals surface area contributed by atoms with E-state index in [-0.39, 0.29) is 5.91 Å². The molecular formula is C22H15ClN2OS. The molecule has 1 N–H and O–H groups in total. The van der Waals surface area contributed by atoms with Gasteiger partial charge in [-0.15, -0.1) is 11.3 Å². The molecule has 1 heterocycles. The number of hydrogen-bond acceptors (Lipinski definition) is 3. The lowest BCUT2D eigenvalue weighted by molar-refractivity contribution is 0.102. The van der Waals surface area contributed by atoms with E-state index >= 15 is 0 Å². The Kier molecular flexibility index (Phi) is 5.01. The van der Waals surface area contributed by atoms with Gasteiger partial charge in [-0.3, -0.25) is 4.79 Å². The Morgan fingerprint density at radius 3 is 2.59 bits per heavy atom. The zero-order chi connectivity index (χ0) is 18.6. The highest BCUT2D eigenvalue weighted by atomic mass is 35.5. The van der Waals surface area contributed by atoms with E-state index in [4.69, 9.17) is 11.6 Å². The molecule has 5 heteroatoms. The summed E-state index contributed by atoms with van der Waals surface area (Å²) in [5, 5.41) is 4.46. The average Bonchev–Trinajstić information content (AvgIpc) is 3.10. The number of anilines is 1. The summed E-state index contributed by atoms with van der Waals surface area (Å²) in [7, 11) is 0. The Labute approximate surface area is 166 Å². The fraction of sp³-hybridized carbons (Fsp3) is 0. The predicted molar refractivity (Wildman–Crippen MR) is 114 cm³/mol. The molecule has 0 saturated heterocycles. The van der Waals surface area contributed by atoms with Crippen molar-refractivity contribution in [2.75, 3.05) is 5.32 Å². The van der Waals surface area contributed by atoms with Gasteiger partial charge in [0.1, 0.15) is 5.01 Å². The molecule has 4 rings (SSSR count). The lowest BCUT2D eigenvalue weighted by atomic mass is 10.1. The van der Waals surface area contributed by atoms with E-state index in [9.17, 15) is 4.79 Å². The molecule has 0 unspecified atom stereocenters. The molecule has 0 saturated carbocycles. The Morgan fingerprint density at radius 1 is 0.963 bits per heavy atom. The molecule has 0 spiro atoms. The molecule has 0 atom stereocenters. The van der Waals surface area contributed by atoms with Crippen LogP contribution in [0.15, 0.2) is 72.8 Å². The number of fused-ring (bicyclic) bond motifs is 1. The van der Waals surface area contributed by atoms with Gasteiger partial charge in [0.25, 0.3) is 5.91 Å². The Morgan fingerprint density at radius 2 is 1.78 bits per heavy atom. The number of aromatic nitrogens is 1. The van der Waals surface area contributed by atoms with E-state index in [1.165, 1.54) is 4.70 Å². The van der Waals surface area contributed by atoms with E-state index in [1.54, 1.807) is 35.6 Å². The summed E-state index contributed by atoms with van der Waals surface area (Å²) in [6.45, 7) is 0. The summed E-state index contributed by atoms with van der Waals surface area (Å²) < 4.78 is 1.17. The van der Waals surface area contributed by atoms with Gasteiger partial charge in [0, 0.05) is 16.3 Å². The number of rotatable bonds is 4. The smallest absolute Gasteiger partial charge is 0.255 e. The van der Waals surface area contributed by atoms with Crippen molar-refractivity contribution in [2.45, 2.75) is 0 Å². The van der Waals surface area contributed by atoms with Gasteiger partial charge < -0.3 is 5.32 Å². The first-order chi connectivity index (χ1) is 13.2. The molecule has 4 aromatic rings. The standard InChI is InChI=1S/C22H15ClN2OS/c23-17-11-9-16(10-12-17)22(26)24-18-5-3-4-15(14-18)8-13-21-25-19-6-1-2-7-20(19)27-21/h1-14H,(H,24,26)/b13-8+. The highest BCUT2D eigenvalue weighted by molar-refractivity contribution is 7.19. The van der Waals surface area contributed by atoms with Crippen LogP contribution in [0.2, 0.25) is 5.02 Å². The van der Waals surface area contributed by atoms with E-state index in [1.807, 2.05) is 54.6 Å². The number of nitrogens with zero attached hydrogens (tertiary/aromatic N) is 1. The van der Waals surface area contributed by atoms with Crippen LogP contribution in [0.25, 0.3) is 22.4 Å². The van der Waals surface area contributed by atoms with Crippen molar-refractivity contribution in [1.82, 2.24) is 4.98 Å². The van der Waals surface area contributed by atoms with Gasteiger partial charge in [-0.2, -0.15) is 0 Å². The zero-order valence-corrected chi connectivity index (χ0v) is 15.8. The summed E-state index contributed by atoms with van der Waals surface area (Å²) in [5.74, 6) is -0.168. The zero-order valence-electron chi connectivity index (χ0n) is 14.2. The normalized spacial score (nSPS) is 11.1. The van der Waals surface area contributed by atoms with Gasteiger partial charge in [0.2, 0.25) is 0 Å². The molecule has 0 bridgehead atoms. The van der Waals surface area contributed by atoms with Gasteiger partial charge in [0.05, 0.1) is 10.2 Å². The van der Waals surface area contributed by atoms with Gasteiger partial charge >= 0.3 is 0 Å². The number of carbonyl (C=O) groups excluding carboxylic acids is 1. The Hall–Kier alpha value is -2.95. The van der Waals surface area contributed by atoms with Crippen LogP contribution < -0.4 is 5.32 Å². The second-order valence-corrected chi connectivity index (χ2v) is 7.44. The van der Waals surface area contributed by atoms with E-state index < -0.39 is 0 Å². The minimum absolute atomic E-state index is 0.168. The maximum atomic E-state index is 12.3. The topological polar surface area (TPSA) is 42.0 Å².